The minimum absolute atomic E-state index is 0.0132. The minimum atomic E-state index is -0.608. The maximum Gasteiger partial charge on any atom is 0.328 e. The van der Waals surface area contributed by atoms with Gasteiger partial charge in [0, 0.05) is 18.2 Å². The van der Waals surface area contributed by atoms with Gasteiger partial charge in [0.15, 0.2) is 0 Å². The maximum atomic E-state index is 11.1. The third-order valence-corrected chi connectivity index (χ3v) is 3.70. The monoisotopic (exact) mass is 289 g/mol. The topological polar surface area (TPSA) is 135 Å². The lowest BCUT2D eigenvalue weighted by Gasteiger charge is -2.27. The van der Waals surface area contributed by atoms with E-state index in [1.165, 1.54) is 12.3 Å². The van der Waals surface area contributed by atoms with E-state index in [-0.39, 0.29) is 34.9 Å². The zero-order valence-electron chi connectivity index (χ0n) is 11.3. The Morgan fingerprint density at radius 3 is 2.67 bits per heavy atom. The Hall–Kier alpha value is -2.69. The van der Waals surface area contributed by atoms with Crippen molar-refractivity contribution in [3.8, 4) is 6.07 Å². The molecule has 0 spiro atoms. The third kappa shape index (κ3) is 3.25. The molecule has 1 heterocycles. The van der Waals surface area contributed by atoms with Crippen LogP contribution in [0.3, 0.4) is 0 Å². The van der Waals surface area contributed by atoms with Gasteiger partial charge in [0.1, 0.15) is 11.6 Å². The third-order valence-electron chi connectivity index (χ3n) is 3.70. The lowest BCUT2D eigenvalue weighted by Crippen LogP contribution is -2.32. The number of carbonyl (C=O) groups excluding carboxylic acids is 1. The molecule has 0 aromatic carbocycles. The van der Waals surface area contributed by atoms with Crippen molar-refractivity contribution in [2.45, 2.75) is 31.7 Å². The maximum absolute atomic E-state index is 11.1. The van der Waals surface area contributed by atoms with Crippen molar-refractivity contribution in [2.75, 3.05) is 5.32 Å². The summed E-state index contributed by atoms with van der Waals surface area (Å²) in [6.45, 7) is 0. The fourth-order valence-electron chi connectivity index (χ4n) is 2.55. The summed E-state index contributed by atoms with van der Waals surface area (Å²) in [6.07, 6.45) is 4.03. The molecule has 0 bridgehead atoms. The Kier molecular flexibility index (Phi) is 4.33. The Morgan fingerprint density at radius 1 is 1.48 bits per heavy atom. The summed E-state index contributed by atoms with van der Waals surface area (Å²) in [6, 6.07) is 3.09. The standard InChI is InChI=1S/C13H15N5O3/c14-7-9-5-6-16-13(11(9)18(20)21)17-10-3-1-8(2-4-10)12(15)19/h5-6,8,10H,1-4H2,(H2,15,19)(H,16,17). The second-order valence-corrected chi connectivity index (χ2v) is 5.02. The summed E-state index contributed by atoms with van der Waals surface area (Å²) < 4.78 is 0. The molecule has 3 N–H and O–H groups in total. The number of nitrogens with zero attached hydrogens (tertiary/aromatic N) is 3. The summed E-state index contributed by atoms with van der Waals surface area (Å²) in [5.41, 5.74) is 4.94. The Morgan fingerprint density at radius 2 is 2.14 bits per heavy atom. The lowest BCUT2D eigenvalue weighted by molar-refractivity contribution is -0.384. The van der Waals surface area contributed by atoms with Crippen molar-refractivity contribution in [3.05, 3.63) is 27.9 Å². The number of primary amides is 1. The number of anilines is 1. The van der Waals surface area contributed by atoms with E-state index in [0.717, 1.165) is 0 Å². The summed E-state index contributed by atoms with van der Waals surface area (Å²) in [7, 11) is 0. The first-order valence-electron chi connectivity index (χ1n) is 6.62. The first-order valence-corrected chi connectivity index (χ1v) is 6.62. The van der Waals surface area contributed by atoms with Crippen molar-refractivity contribution in [2.24, 2.45) is 11.7 Å². The molecule has 8 heteroatoms. The van der Waals surface area contributed by atoms with E-state index < -0.39 is 4.92 Å². The second-order valence-electron chi connectivity index (χ2n) is 5.02. The van der Waals surface area contributed by atoms with Gasteiger partial charge in [0.2, 0.25) is 11.7 Å². The number of nitrogens with one attached hydrogen (secondary N) is 1. The molecule has 110 valence electrons. The molecule has 0 aliphatic heterocycles. The number of amides is 1. The average Bonchev–Trinajstić information content (AvgIpc) is 2.47. The van der Waals surface area contributed by atoms with Crippen LogP contribution in [0.5, 0.6) is 0 Å². The molecule has 2 rings (SSSR count). The van der Waals surface area contributed by atoms with Crippen LogP contribution in [0, 0.1) is 27.4 Å². The van der Waals surface area contributed by atoms with Gasteiger partial charge in [-0.3, -0.25) is 14.9 Å². The van der Waals surface area contributed by atoms with Crippen LogP contribution >= 0.6 is 0 Å². The summed E-state index contributed by atoms with van der Waals surface area (Å²) in [5.74, 6) is -0.331. The molecule has 1 saturated carbocycles. The summed E-state index contributed by atoms with van der Waals surface area (Å²) in [4.78, 5) is 25.6. The van der Waals surface area contributed by atoms with Crippen molar-refractivity contribution in [3.63, 3.8) is 0 Å². The van der Waals surface area contributed by atoms with Crippen LogP contribution in [0.2, 0.25) is 0 Å². The van der Waals surface area contributed by atoms with Gasteiger partial charge in [-0.25, -0.2) is 4.98 Å². The van der Waals surface area contributed by atoms with Gasteiger partial charge in [-0.05, 0) is 31.7 Å². The van der Waals surface area contributed by atoms with Gasteiger partial charge < -0.3 is 11.1 Å². The highest BCUT2D eigenvalue weighted by molar-refractivity contribution is 5.76. The van der Waals surface area contributed by atoms with E-state index in [4.69, 9.17) is 11.0 Å². The van der Waals surface area contributed by atoms with Crippen LogP contribution in [0.4, 0.5) is 11.5 Å². The molecule has 0 saturated heterocycles. The highest BCUT2D eigenvalue weighted by Gasteiger charge is 2.28. The van der Waals surface area contributed by atoms with Crippen molar-refractivity contribution >= 4 is 17.4 Å². The predicted octanol–water partition coefficient (Wildman–Crippen LogP) is 1.32. The Labute approximate surface area is 121 Å². The fraction of sp³-hybridized carbons (Fsp3) is 0.462. The van der Waals surface area contributed by atoms with Gasteiger partial charge in [0.05, 0.1) is 4.92 Å². The van der Waals surface area contributed by atoms with Gasteiger partial charge in [-0.2, -0.15) is 5.26 Å². The van der Waals surface area contributed by atoms with Crippen LogP contribution in [0.1, 0.15) is 31.2 Å². The molecule has 1 aromatic rings. The number of hydrogen-bond donors (Lipinski definition) is 2. The molecule has 1 aliphatic carbocycles. The second kappa shape index (κ2) is 6.17. The van der Waals surface area contributed by atoms with E-state index in [9.17, 15) is 14.9 Å². The first kappa shape index (κ1) is 14.7. The molecule has 0 unspecified atom stereocenters. The number of hydrogen-bond acceptors (Lipinski definition) is 6. The smallest absolute Gasteiger partial charge is 0.328 e. The van der Waals surface area contributed by atoms with Gasteiger partial charge in [-0.1, -0.05) is 0 Å². The highest BCUT2D eigenvalue weighted by atomic mass is 16.6. The number of nitro groups is 1. The molecule has 1 fully saturated rings. The molecular formula is C13H15N5O3. The van der Waals surface area contributed by atoms with Crippen LogP contribution in [-0.4, -0.2) is 21.9 Å². The number of nitrogens with two attached hydrogens (primary N) is 1. The van der Waals surface area contributed by atoms with Crippen LogP contribution in [0.15, 0.2) is 12.3 Å². The zero-order valence-corrected chi connectivity index (χ0v) is 11.3. The summed E-state index contributed by atoms with van der Waals surface area (Å²) in [5, 5.41) is 23.0. The average molecular weight is 289 g/mol. The number of nitriles is 1. The zero-order chi connectivity index (χ0) is 15.4. The SMILES string of the molecule is N#Cc1ccnc(NC2CCC(C(N)=O)CC2)c1[N+](=O)[O-]. The van der Waals surface area contributed by atoms with Crippen LogP contribution in [0.25, 0.3) is 0 Å². The van der Waals surface area contributed by atoms with Gasteiger partial charge >= 0.3 is 5.69 Å². The van der Waals surface area contributed by atoms with E-state index in [1.807, 2.05) is 0 Å². The highest BCUT2D eigenvalue weighted by Crippen LogP contribution is 2.30. The van der Waals surface area contributed by atoms with Crippen molar-refractivity contribution < 1.29 is 9.72 Å². The first-order chi connectivity index (χ1) is 10.0. The number of rotatable bonds is 4. The molecular weight excluding hydrogens is 274 g/mol. The van der Waals surface area contributed by atoms with Crippen LogP contribution in [-0.2, 0) is 4.79 Å². The number of aromatic nitrogens is 1. The van der Waals surface area contributed by atoms with Crippen molar-refractivity contribution in [1.29, 1.82) is 5.26 Å². The van der Waals surface area contributed by atoms with Crippen molar-refractivity contribution in [1.82, 2.24) is 4.98 Å². The van der Waals surface area contributed by atoms with E-state index in [0.29, 0.717) is 25.7 Å². The van der Waals surface area contributed by atoms with Gasteiger partial charge in [0.25, 0.3) is 0 Å². The molecule has 0 atom stereocenters. The molecule has 1 amide bonds. The van der Waals surface area contributed by atoms with Crippen LogP contribution < -0.4 is 11.1 Å². The molecule has 0 radical (unpaired) electrons. The van der Waals surface area contributed by atoms with E-state index >= 15 is 0 Å². The Bertz CT molecular complexity index is 602. The number of pyridine rings is 1. The van der Waals surface area contributed by atoms with E-state index in [2.05, 4.69) is 10.3 Å². The van der Waals surface area contributed by atoms with E-state index in [1.54, 1.807) is 6.07 Å². The lowest BCUT2D eigenvalue weighted by atomic mass is 9.85. The molecule has 8 nitrogen and oxygen atoms in total. The van der Waals surface area contributed by atoms with Gasteiger partial charge in [-0.15, -0.1) is 0 Å². The summed E-state index contributed by atoms with van der Waals surface area (Å²) >= 11 is 0. The number of carbonyl (C=O) groups is 1. The molecule has 1 aromatic heterocycles. The fourth-order valence-corrected chi connectivity index (χ4v) is 2.55. The predicted molar refractivity (Wildman–Crippen MR) is 74.2 cm³/mol. The molecule has 21 heavy (non-hydrogen) atoms. The quantitative estimate of drug-likeness (QED) is 0.633. The normalized spacial score (nSPS) is 21.3. The Balaban J connectivity index is 2.13. The minimum Gasteiger partial charge on any atom is -0.369 e. The largest absolute Gasteiger partial charge is 0.369 e. The molecule has 1 aliphatic rings.